The topological polar surface area (TPSA) is 152 Å². The van der Waals surface area contributed by atoms with Crippen LogP contribution in [0.2, 0.25) is 0 Å². The number of rotatable bonds is 34. The molecule has 1 aliphatic rings. The Labute approximate surface area is 315 Å². The van der Waals surface area contributed by atoms with E-state index in [2.05, 4.69) is 38.2 Å². The summed E-state index contributed by atoms with van der Waals surface area (Å²) in [4.78, 5) is 25.1. The standard InChI is InChI=1S/C42H76O10/c1-3-5-7-9-11-13-14-15-16-17-18-19-20-21-22-23-25-27-29-31-38(45)51-35(33-49-37(44)30-28-26-24-12-10-8-6-4-2)34-50-42-41(48)40(47)39(46)36(32-43)52-42/h11,13,15-16,35-36,39-43,46-48H,3-10,12,14,17-34H2,1-2H3/b13-11-,16-15-. The molecule has 0 bridgehead atoms. The summed E-state index contributed by atoms with van der Waals surface area (Å²) in [5.41, 5.74) is 0. The van der Waals surface area contributed by atoms with Crippen LogP contribution in [0.25, 0.3) is 0 Å². The van der Waals surface area contributed by atoms with Crippen molar-refractivity contribution in [2.24, 2.45) is 0 Å². The zero-order valence-corrected chi connectivity index (χ0v) is 32.8. The molecule has 52 heavy (non-hydrogen) atoms. The van der Waals surface area contributed by atoms with Crippen LogP contribution < -0.4 is 0 Å². The van der Waals surface area contributed by atoms with E-state index in [0.717, 1.165) is 51.4 Å². The van der Waals surface area contributed by atoms with E-state index in [4.69, 9.17) is 18.9 Å². The number of carbonyl (C=O) groups excluding carboxylic acids is 2. The molecule has 1 aliphatic heterocycles. The first-order chi connectivity index (χ1) is 25.3. The number of allylic oxidation sites excluding steroid dienone is 4. The zero-order chi connectivity index (χ0) is 38.1. The molecule has 0 aliphatic carbocycles. The minimum Gasteiger partial charge on any atom is -0.462 e. The van der Waals surface area contributed by atoms with Crippen molar-refractivity contribution in [3.8, 4) is 0 Å². The van der Waals surface area contributed by atoms with Crippen LogP contribution >= 0.6 is 0 Å². The predicted octanol–water partition coefficient (Wildman–Crippen LogP) is 8.16. The average Bonchev–Trinajstić information content (AvgIpc) is 3.14. The predicted molar refractivity (Wildman–Crippen MR) is 206 cm³/mol. The van der Waals surface area contributed by atoms with Gasteiger partial charge in [-0.15, -0.1) is 0 Å². The number of aliphatic hydroxyl groups excluding tert-OH is 4. The molecule has 0 radical (unpaired) electrons. The summed E-state index contributed by atoms with van der Waals surface area (Å²) in [6.45, 7) is 3.35. The second kappa shape index (κ2) is 33.7. The lowest BCUT2D eigenvalue weighted by Crippen LogP contribution is -2.59. The number of hydrogen-bond donors (Lipinski definition) is 4. The van der Waals surface area contributed by atoms with Crippen molar-refractivity contribution < 1.29 is 49.0 Å². The fourth-order valence-corrected chi connectivity index (χ4v) is 6.22. The van der Waals surface area contributed by atoms with Gasteiger partial charge < -0.3 is 39.4 Å². The summed E-state index contributed by atoms with van der Waals surface area (Å²) in [6.07, 6.45) is 27.7. The summed E-state index contributed by atoms with van der Waals surface area (Å²) in [6, 6.07) is 0. The number of esters is 2. The maximum atomic E-state index is 12.7. The van der Waals surface area contributed by atoms with Gasteiger partial charge in [-0.25, -0.2) is 0 Å². The molecule has 6 unspecified atom stereocenters. The molecule has 0 aromatic carbocycles. The van der Waals surface area contributed by atoms with Crippen molar-refractivity contribution >= 4 is 11.9 Å². The molecule has 1 saturated heterocycles. The van der Waals surface area contributed by atoms with Crippen molar-refractivity contribution in [2.45, 2.75) is 211 Å². The minimum atomic E-state index is -1.59. The first-order valence-corrected chi connectivity index (χ1v) is 20.9. The molecule has 10 nitrogen and oxygen atoms in total. The smallest absolute Gasteiger partial charge is 0.306 e. The molecule has 1 heterocycles. The fraction of sp³-hybridized carbons (Fsp3) is 0.857. The van der Waals surface area contributed by atoms with Gasteiger partial charge in [0.05, 0.1) is 13.2 Å². The molecule has 10 heteroatoms. The zero-order valence-electron chi connectivity index (χ0n) is 32.8. The van der Waals surface area contributed by atoms with Crippen molar-refractivity contribution in [1.29, 1.82) is 0 Å². The second-order valence-corrected chi connectivity index (χ2v) is 14.4. The quantitative estimate of drug-likeness (QED) is 0.0289. The molecule has 0 aromatic rings. The number of carbonyl (C=O) groups is 2. The van der Waals surface area contributed by atoms with Crippen molar-refractivity contribution in [3.05, 3.63) is 24.3 Å². The Hall–Kier alpha value is -1.82. The maximum absolute atomic E-state index is 12.7. The molecule has 0 aromatic heterocycles. The monoisotopic (exact) mass is 741 g/mol. The third kappa shape index (κ3) is 25.2. The number of aliphatic hydroxyl groups is 4. The Kier molecular flexibility index (Phi) is 31.3. The molecule has 0 spiro atoms. The van der Waals surface area contributed by atoms with E-state index in [-0.39, 0.29) is 32.0 Å². The van der Waals surface area contributed by atoms with Crippen LogP contribution in [-0.4, -0.2) is 89.0 Å². The van der Waals surface area contributed by atoms with E-state index in [1.165, 1.54) is 89.9 Å². The van der Waals surface area contributed by atoms with Crippen molar-refractivity contribution in [3.63, 3.8) is 0 Å². The van der Waals surface area contributed by atoms with Crippen molar-refractivity contribution in [1.82, 2.24) is 0 Å². The van der Waals surface area contributed by atoms with Crippen LogP contribution in [0.1, 0.15) is 174 Å². The summed E-state index contributed by atoms with van der Waals surface area (Å²) < 4.78 is 22.0. The maximum Gasteiger partial charge on any atom is 0.306 e. The van der Waals surface area contributed by atoms with Crippen LogP contribution in [-0.2, 0) is 28.5 Å². The normalized spacial score (nSPS) is 21.2. The van der Waals surface area contributed by atoms with Crippen LogP contribution in [0.15, 0.2) is 24.3 Å². The van der Waals surface area contributed by atoms with E-state index in [0.29, 0.717) is 6.42 Å². The Morgan fingerprint density at radius 1 is 0.596 bits per heavy atom. The lowest BCUT2D eigenvalue weighted by Gasteiger charge is -2.39. The molecule has 6 atom stereocenters. The molecule has 0 saturated carbocycles. The van der Waals surface area contributed by atoms with Gasteiger partial charge in [0.2, 0.25) is 0 Å². The minimum absolute atomic E-state index is 0.216. The molecular formula is C42H76O10. The van der Waals surface area contributed by atoms with Gasteiger partial charge in [0.1, 0.15) is 31.0 Å². The molecule has 304 valence electrons. The molecule has 1 rings (SSSR count). The van der Waals surface area contributed by atoms with Gasteiger partial charge in [-0.05, 0) is 44.9 Å². The summed E-state index contributed by atoms with van der Waals surface area (Å²) in [5.74, 6) is -0.813. The summed E-state index contributed by atoms with van der Waals surface area (Å²) in [7, 11) is 0. The number of ether oxygens (including phenoxy) is 4. The summed E-state index contributed by atoms with van der Waals surface area (Å²) in [5, 5.41) is 39.9. The SMILES string of the molecule is CCCCC/C=C\C/C=C\CCCCCCCCCCCC(=O)OC(COC(=O)CCCCCCCCCC)COC1OC(CO)C(O)C(O)C1O. The first-order valence-electron chi connectivity index (χ1n) is 20.9. The van der Waals surface area contributed by atoms with E-state index in [1.807, 2.05) is 0 Å². The molecule has 1 fully saturated rings. The van der Waals surface area contributed by atoms with E-state index < -0.39 is 49.4 Å². The van der Waals surface area contributed by atoms with Gasteiger partial charge in [-0.1, -0.05) is 141 Å². The fourth-order valence-electron chi connectivity index (χ4n) is 6.22. The highest BCUT2D eigenvalue weighted by molar-refractivity contribution is 5.70. The van der Waals surface area contributed by atoms with Crippen molar-refractivity contribution in [2.75, 3.05) is 19.8 Å². The first kappa shape index (κ1) is 48.2. The third-order valence-corrected chi connectivity index (χ3v) is 9.59. The highest BCUT2D eigenvalue weighted by atomic mass is 16.7. The van der Waals surface area contributed by atoms with Gasteiger partial charge in [0, 0.05) is 12.8 Å². The third-order valence-electron chi connectivity index (χ3n) is 9.59. The van der Waals surface area contributed by atoms with Gasteiger partial charge in [-0.3, -0.25) is 9.59 Å². The van der Waals surface area contributed by atoms with Crippen LogP contribution in [0.3, 0.4) is 0 Å². The lowest BCUT2D eigenvalue weighted by molar-refractivity contribution is -0.305. The largest absolute Gasteiger partial charge is 0.462 e. The van der Waals surface area contributed by atoms with Crippen LogP contribution in [0, 0.1) is 0 Å². The molecular weight excluding hydrogens is 664 g/mol. The lowest BCUT2D eigenvalue weighted by atomic mass is 9.99. The average molecular weight is 741 g/mol. The van der Waals surface area contributed by atoms with Gasteiger partial charge in [-0.2, -0.15) is 0 Å². The highest BCUT2D eigenvalue weighted by Gasteiger charge is 2.44. The Bertz CT molecular complexity index is 907. The Morgan fingerprint density at radius 2 is 1.08 bits per heavy atom. The van der Waals surface area contributed by atoms with Gasteiger partial charge in [0.25, 0.3) is 0 Å². The molecule has 0 amide bonds. The summed E-state index contributed by atoms with van der Waals surface area (Å²) >= 11 is 0. The number of hydrogen-bond acceptors (Lipinski definition) is 10. The van der Waals surface area contributed by atoms with Crippen LogP contribution in [0.5, 0.6) is 0 Å². The molecule has 4 N–H and O–H groups in total. The van der Waals surface area contributed by atoms with Gasteiger partial charge >= 0.3 is 11.9 Å². The highest BCUT2D eigenvalue weighted by Crippen LogP contribution is 2.22. The van der Waals surface area contributed by atoms with E-state index in [1.54, 1.807) is 0 Å². The second-order valence-electron chi connectivity index (χ2n) is 14.4. The van der Waals surface area contributed by atoms with E-state index >= 15 is 0 Å². The number of unbranched alkanes of at least 4 members (excludes halogenated alkanes) is 19. The van der Waals surface area contributed by atoms with E-state index in [9.17, 15) is 30.0 Å². The Morgan fingerprint density at radius 3 is 1.63 bits per heavy atom. The Balaban J connectivity index is 2.31. The van der Waals surface area contributed by atoms with Crippen LogP contribution in [0.4, 0.5) is 0 Å². The van der Waals surface area contributed by atoms with Gasteiger partial charge in [0.15, 0.2) is 12.4 Å².